The Bertz CT molecular complexity index is 1380. The molecule has 0 bridgehead atoms. The number of benzene rings is 3. The van der Waals surface area contributed by atoms with E-state index < -0.39 is 33.9 Å². The van der Waals surface area contributed by atoms with E-state index in [2.05, 4.69) is 4.72 Å². The number of anilines is 1. The summed E-state index contributed by atoms with van der Waals surface area (Å²) in [4.78, 5) is 29.0. The van der Waals surface area contributed by atoms with E-state index in [1.54, 1.807) is 48.5 Å². The molecule has 3 aromatic carbocycles. The average Bonchev–Trinajstić information content (AvgIpc) is 2.95. The number of carboxylic acid groups (broad SMARTS) is 1. The van der Waals surface area contributed by atoms with Crippen LogP contribution < -0.4 is 4.72 Å². The van der Waals surface area contributed by atoms with Crippen LogP contribution in [0.1, 0.15) is 43.4 Å². The lowest BCUT2D eigenvalue weighted by Gasteiger charge is -2.34. The van der Waals surface area contributed by atoms with Crippen molar-refractivity contribution in [3.8, 4) is 0 Å². The number of carbonyl (C=O) groups excluding carboxylic acids is 1. The molecule has 3 rings (SSSR count). The summed E-state index contributed by atoms with van der Waals surface area (Å²) in [5.74, 6) is -1.20. The molecule has 0 spiro atoms. The molecule has 0 aliphatic rings. The number of sulfonamides is 1. The first kappa shape index (κ1) is 32.6. The Kier molecular flexibility index (Phi) is 12.4. The Morgan fingerprint density at radius 1 is 0.857 bits per heavy atom. The van der Waals surface area contributed by atoms with Gasteiger partial charge in [0, 0.05) is 25.4 Å². The molecule has 0 saturated heterocycles. The van der Waals surface area contributed by atoms with Gasteiger partial charge in [-0.05, 0) is 60.4 Å². The van der Waals surface area contributed by atoms with E-state index in [4.69, 9.17) is 0 Å². The normalized spacial score (nSPS) is 12.1. The van der Waals surface area contributed by atoms with Gasteiger partial charge in [-0.25, -0.2) is 13.2 Å². The first-order valence-corrected chi connectivity index (χ1v) is 15.8. The molecule has 9 nitrogen and oxygen atoms in total. The Labute approximate surface area is 248 Å². The van der Waals surface area contributed by atoms with Gasteiger partial charge in [-0.15, -0.1) is 0 Å². The van der Waals surface area contributed by atoms with E-state index in [9.17, 15) is 28.2 Å². The lowest BCUT2D eigenvalue weighted by atomic mass is 10.0. The smallest absolute Gasteiger partial charge is 0.408 e. The number of nitrogens with one attached hydrogen (secondary N) is 1. The van der Waals surface area contributed by atoms with Crippen molar-refractivity contribution in [2.45, 2.75) is 52.1 Å². The number of amides is 2. The maximum atomic E-state index is 14.1. The molecule has 0 unspecified atom stereocenters. The number of hydrogen-bond donors (Lipinski definition) is 3. The number of nitrogens with zero attached hydrogens (tertiary/aromatic N) is 2. The number of aliphatic hydroxyl groups excluding tert-OH is 1. The topological polar surface area (TPSA) is 127 Å². The highest BCUT2D eigenvalue weighted by Crippen LogP contribution is 2.20. The molecule has 0 aromatic heterocycles. The van der Waals surface area contributed by atoms with Gasteiger partial charge in [-0.2, -0.15) is 0 Å². The molecule has 0 saturated carbocycles. The van der Waals surface area contributed by atoms with Crippen LogP contribution in [0.15, 0.2) is 84.9 Å². The minimum Gasteiger partial charge on any atom is -0.465 e. The summed E-state index contributed by atoms with van der Waals surface area (Å²) in [6.45, 7) is 3.87. The Balaban J connectivity index is 1.89. The van der Waals surface area contributed by atoms with E-state index in [1.165, 1.54) is 4.90 Å². The summed E-state index contributed by atoms with van der Waals surface area (Å²) in [5, 5.41) is 19.4. The molecule has 0 radical (unpaired) electrons. The largest absolute Gasteiger partial charge is 0.465 e. The van der Waals surface area contributed by atoms with Crippen molar-refractivity contribution in [2.24, 2.45) is 5.92 Å². The highest BCUT2D eigenvalue weighted by Gasteiger charge is 2.35. The van der Waals surface area contributed by atoms with Crippen molar-refractivity contribution >= 4 is 27.7 Å². The predicted octanol–water partition coefficient (Wildman–Crippen LogP) is 4.98. The van der Waals surface area contributed by atoms with Gasteiger partial charge in [0.1, 0.15) is 11.9 Å². The average molecular weight is 596 g/mol. The van der Waals surface area contributed by atoms with Crippen LogP contribution in [0.2, 0.25) is 0 Å². The van der Waals surface area contributed by atoms with Gasteiger partial charge < -0.3 is 15.1 Å². The molecule has 0 heterocycles. The van der Waals surface area contributed by atoms with Crippen molar-refractivity contribution in [1.29, 1.82) is 0 Å². The molecule has 1 atom stereocenters. The van der Waals surface area contributed by atoms with Gasteiger partial charge in [-0.1, -0.05) is 86.6 Å². The molecular weight excluding hydrogens is 554 g/mol. The van der Waals surface area contributed by atoms with Crippen LogP contribution in [-0.4, -0.2) is 65.5 Å². The molecule has 2 amide bonds. The molecule has 42 heavy (non-hydrogen) atoms. The minimum absolute atomic E-state index is 0.000194. The molecule has 0 aliphatic carbocycles. The molecule has 3 aromatic rings. The second kappa shape index (κ2) is 15.9. The molecular formula is C32H41N3O6S. The van der Waals surface area contributed by atoms with Crippen molar-refractivity contribution in [3.05, 3.63) is 102 Å². The van der Waals surface area contributed by atoms with E-state index in [0.29, 0.717) is 24.9 Å². The lowest BCUT2D eigenvalue weighted by molar-refractivity contribution is -0.136. The van der Waals surface area contributed by atoms with E-state index >= 15 is 0 Å². The lowest BCUT2D eigenvalue weighted by Crippen LogP contribution is -2.52. The quantitative estimate of drug-likeness (QED) is 0.214. The van der Waals surface area contributed by atoms with Gasteiger partial charge in [0.25, 0.3) is 10.0 Å². The van der Waals surface area contributed by atoms with Gasteiger partial charge in [0.2, 0.25) is 5.91 Å². The van der Waals surface area contributed by atoms with Gasteiger partial charge >= 0.3 is 6.09 Å². The standard InChI is InChI=1S/C32H41N3O6S/c1-25(2)21-30(35(32(38)39)23-28-13-7-4-8-14-28)31(37)34(19-10-16-26-11-5-3-6-12-26)24-42(40,41)33-29-17-9-15-27(22-29)18-20-36/h3-9,11-15,17,22,25,30,33,36H,10,16,18-21,23-24H2,1-2H3,(H,38,39)/t30-/m0/s1. The zero-order valence-corrected chi connectivity index (χ0v) is 25.0. The maximum Gasteiger partial charge on any atom is 0.408 e. The van der Waals surface area contributed by atoms with Crippen LogP contribution in [0, 0.1) is 5.92 Å². The highest BCUT2D eigenvalue weighted by molar-refractivity contribution is 7.92. The van der Waals surface area contributed by atoms with Crippen LogP contribution in [0.5, 0.6) is 0 Å². The van der Waals surface area contributed by atoms with Crippen LogP contribution in [-0.2, 0) is 34.2 Å². The summed E-state index contributed by atoms with van der Waals surface area (Å²) in [6, 6.07) is 24.4. The number of aliphatic hydroxyl groups is 1. The molecule has 10 heteroatoms. The van der Waals surface area contributed by atoms with Crippen LogP contribution >= 0.6 is 0 Å². The number of hydrogen-bond acceptors (Lipinski definition) is 5. The Morgan fingerprint density at radius 2 is 1.48 bits per heavy atom. The Morgan fingerprint density at radius 3 is 2.07 bits per heavy atom. The molecule has 0 aliphatic heterocycles. The minimum atomic E-state index is -4.05. The third kappa shape index (κ3) is 10.5. The number of carbonyl (C=O) groups is 2. The summed E-state index contributed by atoms with van der Waals surface area (Å²) in [6.07, 6.45) is 0.497. The van der Waals surface area contributed by atoms with Crippen molar-refractivity contribution in [1.82, 2.24) is 9.80 Å². The van der Waals surface area contributed by atoms with E-state index in [-0.39, 0.29) is 32.0 Å². The van der Waals surface area contributed by atoms with Gasteiger partial charge in [-0.3, -0.25) is 14.4 Å². The second-order valence-electron chi connectivity index (χ2n) is 10.8. The SMILES string of the molecule is CC(C)C[C@@H](C(=O)N(CCCc1ccccc1)CS(=O)(=O)Nc1cccc(CCO)c1)N(Cc1ccccc1)C(=O)O. The fourth-order valence-corrected chi connectivity index (χ4v) is 6.02. The number of rotatable bonds is 16. The summed E-state index contributed by atoms with van der Waals surface area (Å²) in [5.41, 5.74) is 2.88. The first-order valence-electron chi connectivity index (χ1n) is 14.1. The Hall–Kier alpha value is -3.89. The van der Waals surface area contributed by atoms with Crippen molar-refractivity contribution < 1.29 is 28.2 Å². The van der Waals surface area contributed by atoms with Crippen LogP contribution in [0.4, 0.5) is 10.5 Å². The second-order valence-corrected chi connectivity index (χ2v) is 12.4. The molecule has 3 N–H and O–H groups in total. The fraction of sp³-hybridized carbons (Fsp3) is 0.375. The third-order valence-corrected chi connectivity index (χ3v) is 7.97. The monoisotopic (exact) mass is 595 g/mol. The van der Waals surface area contributed by atoms with E-state index in [1.807, 2.05) is 50.2 Å². The zero-order chi connectivity index (χ0) is 30.5. The molecule has 226 valence electrons. The predicted molar refractivity (Wildman–Crippen MR) is 164 cm³/mol. The summed E-state index contributed by atoms with van der Waals surface area (Å²) >= 11 is 0. The highest BCUT2D eigenvalue weighted by atomic mass is 32.2. The zero-order valence-electron chi connectivity index (χ0n) is 24.2. The van der Waals surface area contributed by atoms with E-state index in [0.717, 1.165) is 21.6 Å². The molecule has 0 fully saturated rings. The third-order valence-electron chi connectivity index (χ3n) is 6.77. The maximum absolute atomic E-state index is 14.1. The summed E-state index contributed by atoms with van der Waals surface area (Å²) in [7, 11) is -4.05. The fourth-order valence-electron chi connectivity index (χ4n) is 4.80. The van der Waals surface area contributed by atoms with Crippen molar-refractivity contribution in [3.63, 3.8) is 0 Å². The number of aryl methyl sites for hydroxylation is 1. The first-order chi connectivity index (χ1) is 20.1. The van der Waals surface area contributed by atoms with Crippen LogP contribution in [0.25, 0.3) is 0 Å². The summed E-state index contributed by atoms with van der Waals surface area (Å²) < 4.78 is 29.3. The van der Waals surface area contributed by atoms with Gasteiger partial charge in [0.05, 0.1) is 0 Å². The van der Waals surface area contributed by atoms with Crippen molar-refractivity contribution in [2.75, 3.05) is 23.8 Å². The van der Waals surface area contributed by atoms with Gasteiger partial charge in [0.15, 0.2) is 0 Å². The van der Waals surface area contributed by atoms with Crippen LogP contribution in [0.3, 0.4) is 0 Å².